The fourth-order valence-electron chi connectivity index (χ4n) is 4.91. The van der Waals surface area contributed by atoms with Crippen molar-refractivity contribution in [3.63, 3.8) is 0 Å². The molecule has 2 fully saturated rings. The number of benzene rings is 1. The van der Waals surface area contributed by atoms with E-state index in [1.54, 1.807) is 20.8 Å². The molecule has 2 amide bonds. The first kappa shape index (κ1) is 27.4. The van der Waals surface area contributed by atoms with Gasteiger partial charge in [0.05, 0.1) is 4.90 Å². The summed E-state index contributed by atoms with van der Waals surface area (Å²) in [5.41, 5.74) is -0.905. The molecular formula is C25H38FN3O5S. The summed E-state index contributed by atoms with van der Waals surface area (Å²) in [6.07, 6.45) is 1.32. The van der Waals surface area contributed by atoms with Gasteiger partial charge in [0.2, 0.25) is 15.9 Å². The predicted molar refractivity (Wildman–Crippen MR) is 131 cm³/mol. The van der Waals surface area contributed by atoms with Gasteiger partial charge < -0.3 is 15.4 Å². The Kier molecular flexibility index (Phi) is 7.86. The number of alkyl carbamates (subject to hydrolysis) is 1. The van der Waals surface area contributed by atoms with Gasteiger partial charge in [0, 0.05) is 19.1 Å². The normalized spacial score (nSPS) is 24.0. The maximum Gasteiger partial charge on any atom is 0.408 e. The van der Waals surface area contributed by atoms with E-state index in [-0.39, 0.29) is 34.1 Å². The number of nitrogens with one attached hydrogen (secondary N) is 2. The molecule has 1 aliphatic heterocycles. The molecule has 1 aliphatic carbocycles. The molecule has 35 heavy (non-hydrogen) atoms. The van der Waals surface area contributed by atoms with Crippen LogP contribution in [-0.4, -0.2) is 55.5 Å². The van der Waals surface area contributed by atoms with Gasteiger partial charge in [-0.25, -0.2) is 17.6 Å². The summed E-state index contributed by atoms with van der Waals surface area (Å²) >= 11 is 0. The molecule has 0 spiro atoms. The minimum Gasteiger partial charge on any atom is -0.444 e. The van der Waals surface area contributed by atoms with Gasteiger partial charge in [-0.1, -0.05) is 20.8 Å². The van der Waals surface area contributed by atoms with Crippen molar-refractivity contribution in [2.24, 2.45) is 17.3 Å². The van der Waals surface area contributed by atoms with Crippen molar-refractivity contribution in [2.45, 2.75) is 83.4 Å². The molecule has 1 aromatic rings. The van der Waals surface area contributed by atoms with Gasteiger partial charge in [-0.15, -0.1) is 0 Å². The van der Waals surface area contributed by atoms with Crippen LogP contribution >= 0.6 is 0 Å². The highest BCUT2D eigenvalue weighted by Crippen LogP contribution is 2.40. The molecule has 8 nitrogen and oxygen atoms in total. The number of nitrogens with zero attached hydrogens (tertiary/aromatic N) is 1. The van der Waals surface area contributed by atoms with Crippen LogP contribution in [0.2, 0.25) is 0 Å². The number of amides is 2. The van der Waals surface area contributed by atoms with Crippen LogP contribution in [0, 0.1) is 23.1 Å². The maximum atomic E-state index is 13.3. The molecule has 3 rings (SSSR count). The molecule has 1 heterocycles. The van der Waals surface area contributed by atoms with E-state index < -0.39 is 33.6 Å². The predicted octanol–water partition coefficient (Wildman–Crippen LogP) is 3.67. The third kappa shape index (κ3) is 7.16. The number of hydrogen-bond donors (Lipinski definition) is 2. The van der Waals surface area contributed by atoms with E-state index in [1.807, 2.05) is 20.8 Å². The smallest absolute Gasteiger partial charge is 0.408 e. The Bertz CT molecular complexity index is 1030. The molecule has 2 aliphatic rings. The largest absolute Gasteiger partial charge is 0.444 e. The number of rotatable bonds is 6. The zero-order chi connectivity index (χ0) is 26.2. The van der Waals surface area contributed by atoms with Crippen LogP contribution in [0.3, 0.4) is 0 Å². The van der Waals surface area contributed by atoms with E-state index in [1.165, 1.54) is 16.4 Å². The van der Waals surface area contributed by atoms with Crippen LogP contribution in [-0.2, 0) is 19.6 Å². The van der Waals surface area contributed by atoms with Crippen LogP contribution in [0.4, 0.5) is 9.18 Å². The summed E-state index contributed by atoms with van der Waals surface area (Å²) in [6.45, 7) is 11.9. The minimum absolute atomic E-state index is 0.0222. The lowest BCUT2D eigenvalue weighted by Crippen LogP contribution is -2.52. The van der Waals surface area contributed by atoms with E-state index in [4.69, 9.17) is 4.74 Å². The average molecular weight is 512 g/mol. The van der Waals surface area contributed by atoms with Gasteiger partial charge in [0.25, 0.3) is 0 Å². The molecule has 2 N–H and O–H groups in total. The monoisotopic (exact) mass is 511 g/mol. The number of ether oxygens (including phenoxy) is 1. The number of sulfonamides is 1. The van der Waals surface area contributed by atoms with Crippen molar-refractivity contribution in [2.75, 3.05) is 13.1 Å². The van der Waals surface area contributed by atoms with Gasteiger partial charge in [-0.3, -0.25) is 4.79 Å². The highest BCUT2D eigenvalue weighted by atomic mass is 32.2. The minimum atomic E-state index is -3.74. The van der Waals surface area contributed by atoms with Crippen molar-refractivity contribution in [3.05, 3.63) is 30.1 Å². The second-order valence-electron chi connectivity index (χ2n) is 11.9. The lowest BCUT2D eigenvalue weighted by atomic mass is 9.87. The number of carbonyl (C=O) groups excluding carboxylic acids is 2. The molecule has 1 aromatic carbocycles. The topological polar surface area (TPSA) is 105 Å². The zero-order valence-corrected chi connectivity index (χ0v) is 22.2. The summed E-state index contributed by atoms with van der Waals surface area (Å²) in [5.74, 6) is -0.674. The van der Waals surface area contributed by atoms with Crippen molar-refractivity contribution in [3.8, 4) is 0 Å². The Morgan fingerprint density at radius 2 is 1.71 bits per heavy atom. The summed E-state index contributed by atoms with van der Waals surface area (Å²) in [6, 6.07) is 3.86. The molecule has 10 heteroatoms. The molecule has 1 saturated heterocycles. The van der Waals surface area contributed by atoms with Crippen LogP contribution in [0.1, 0.15) is 60.8 Å². The van der Waals surface area contributed by atoms with Crippen molar-refractivity contribution in [1.82, 2.24) is 14.9 Å². The standard InChI is InChI=1S/C25H38FN3O5S/c1-24(2,3)13-21(28-23(31)34-25(4,5)6)22(30)27-20-12-7-16-14-29(15-19(16)20)35(32,33)18-10-8-17(26)9-11-18/h8-11,16,19-21H,7,12-15H2,1-6H3,(H,27,30)(H,28,31)/t16-,19+,20+,21+/m1/s1. The Morgan fingerprint density at radius 3 is 2.29 bits per heavy atom. The molecular weight excluding hydrogens is 473 g/mol. The number of hydrogen-bond acceptors (Lipinski definition) is 5. The van der Waals surface area contributed by atoms with Crippen LogP contribution in [0.15, 0.2) is 29.2 Å². The second-order valence-corrected chi connectivity index (χ2v) is 13.8. The van der Waals surface area contributed by atoms with Crippen molar-refractivity contribution in [1.29, 1.82) is 0 Å². The van der Waals surface area contributed by atoms with Gasteiger partial charge >= 0.3 is 6.09 Å². The molecule has 0 bridgehead atoms. The first-order valence-corrected chi connectivity index (χ1v) is 13.5. The Labute approximate surface area is 208 Å². The second kappa shape index (κ2) is 10.0. The van der Waals surface area contributed by atoms with Gasteiger partial charge in [-0.05, 0) is 81.5 Å². The Hall–Kier alpha value is -2.20. The first-order valence-electron chi connectivity index (χ1n) is 12.1. The van der Waals surface area contributed by atoms with Gasteiger partial charge in [0.15, 0.2) is 0 Å². The van der Waals surface area contributed by atoms with Gasteiger partial charge in [0.1, 0.15) is 17.5 Å². The van der Waals surface area contributed by atoms with Crippen LogP contribution < -0.4 is 10.6 Å². The fraction of sp³-hybridized carbons (Fsp3) is 0.680. The summed E-state index contributed by atoms with van der Waals surface area (Å²) in [5, 5.41) is 5.79. The Balaban J connectivity index is 1.68. The van der Waals surface area contributed by atoms with E-state index in [2.05, 4.69) is 10.6 Å². The van der Waals surface area contributed by atoms with E-state index in [9.17, 15) is 22.4 Å². The highest BCUT2D eigenvalue weighted by molar-refractivity contribution is 7.89. The first-order chi connectivity index (χ1) is 16.0. The third-order valence-corrected chi connectivity index (χ3v) is 8.27. The number of carbonyl (C=O) groups is 2. The van der Waals surface area contributed by atoms with Gasteiger partial charge in [-0.2, -0.15) is 4.31 Å². The molecule has 4 atom stereocenters. The molecule has 1 saturated carbocycles. The molecule has 0 radical (unpaired) electrons. The average Bonchev–Trinajstić information content (AvgIpc) is 3.28. The molecule has 0 aromatic heterocycles. The van der Waals surface area contributed by atoms with E-state index in [0.29, 0.717) is 19.5 Å². The lowest BCUT2D eigenvalue weighted by Gasteiger charge is -2.29. The summed E-state index contributed by atoms with van der Waals surface area (Å²) < 4.78 is 46.2. The zero-order valence-electron chi connectivity index (χ0n) is 21.4. The van der Waals surface area contributed by atoms with Crippen LogP contribution in [0.25, 0.3) is 0 Å². The summed E-state index contributed by atoms with van der Waals surface area (Å²) in [4.78, 5) is 25.7. The lowest BCUT2D eigenvalue weighted by molar-refractivity contribution is -0.124. The highest BCUT2D eigenvalue weighted by Gasteiger charge is 2.47. The molecule has 196 valence electrons. The SMILES string of the molecule is CC(C)(C)C[C@H](NC(=O)OC(C)(C)C)C(=O)N[C@H]1CC[C@@H]2CN(S(=O)(=O)c3ccc(F)cc3)C[C@@H]21. The van der Waals surface area contributed by atoms with Crippen LogP contribution in [0.5, 0.6) is 0 Å². The molecule has 0 unspecified atom stereocenters. The van der Waals surface area contributed by atoms with E-state index in [0.717, 1.165) is 25.0 Å². The summed E-state index contributed by atoms with van der Waals surface area (Å²) in [7, 11) is -3.74. The van der Waals surface area contributed by atoms with Crippen molar-refractivity contribution >= 4 is 22.0 Å². The number of fused-ring (bicyclic) bond motifs is 1. The number of halogens is 1. The quantitative estimate of drug-likeness (QED) is 0.606. The maximum absolute atomic E-state index is 13.3. The van der Waals surface area contributed by atoms with E-state index >= 15 is 0 Å². The van der Waals surface area contributed by atoms with Crippen molar-refractivity contribution < 1.29 is 27.1 Å². The third-order valence-electron chi connectivity index (χ3n) is 6.43. The Morgan fingerprint density at radius 1 is 1.09 bits per heavy atom. The fourth-order valence-corrected chi connectivity index (χ4v) is 6.44.